The Balaban J connectivity index is 1.91. The molecule has 25 heavy (non-hydrogen) atoms. The molecule has 0 spiro atoms. The summed E-state index contributed by atoms with van der Waals surface area (Å²) in [6.45, 7) is 1.68. The predicted molar refractivity (Wildman–Crippen MR) is 90.0 cm³/mol. The van der Waals surface area contributed by atoms with Gasteiger partial charge in [0.2, 0.25) is 0 Å². The first-order chi connectivity index (χ1) is 12.0. The number of aromatic carboxylic acids is 1. The van der Waals surface area contributed by atoms with Crippen molar-refractivity contribution in [1.82, 2.24) is 9.72 Å². The third-order valence-corrected chi connectivity index (χ3v) is 3.84. The number of rotatable bonds is 5. The summed E-state index contributed by atoms with van der Waals surface area (Å²) in [6.07, 6.45) is 1.54. The van der Waals surface area contributed by atoms with Crippen LogP contribution < -0.4 is 10.3 Å². The summed E-state index contributed by atoms with van der Waals surface area (Å²) in [5.74, 6) is -0.102. The van der Waals surface area contributed by atoms with Gasteiger partial charge in [0.25, 0.3) is 5.56 Å². The fourth-order valence-electron chi connectivity index (χ4n) is 2.52. The van der Waals surface area contributed by atoms with Gasteiger partial charge >= 0.3 is 5.97 Å². The fraction of sp³-hybridized carbons (Fsp3) is 0.167. The summed E-state index contributed by atoms with van der Waals surface area (Å²) in [7, 11) is 1.58. The second kappa shape index (κ2) is 6.64. The van der Waals surface area contributed by atoms with E-state index in [-0.39, 0.29) is 12.1 Å². The zero-order valence-corrected chi connectivity index (χ0v) is 13.7. The smallest absolute Gasteiger partial charge is 0.341 e. The largest absolute Gasteiger partial charge is 0.497 e. The number of pyridine rings is 1. The minimum atomic E-state index is -1.24. The zero-order chi connectivity index (χ0) is 18.0. The van der Waals surface area contributed by atoms with Gasteiger partial charge in [-0.25, -0.2) is 4.79 Å². The van der Waals surface area contributed by atoms with Crippen molar-refractivity contribution >= 4 is 5.97 Å². The molecule has 7 nitrogen and oxygen atoms in total. The molecule has 0 amide bonds. The molecule has 0 fully saturated rings. The molecule has 1 aromatic carbocycles. The normalized spacial score (nSPS) is 10.6. The molecule has 7 heteroatoms. The van der Waals surface area contributed by atoms with Gasteiger partial charge in [-0.2, -0.15) is 0 Å². The number of aryl methyl sites for hydroxylation is 1. The highest BCUT2D eigenvalue weighted by molar-refractivity contribution is 5.88. The summed E-state index contributed by atoms with van der Waals surface area (Å²) < 4.78 is 11.8. The van der Waals surface area contributed by atoms with Gasteiger partial charge in [-0.15, -0.1) is 0 Å². The van der Waals surface area contributed by atoms with Crippen molar-refractivity contribution in [3.63, 3.8) is 0 Å². The number of hydrogen-bond acceptors (Lipinski definition) is 5. The molecular weight excluding hydrogens is 324 g/mol. The van der Waals surface area contributed by atoms with Crippen LogP contribution in [0.2, 0.25) is 0 Å². The van der Waals surface area contributed by atoms with E-state index in [1.165, 1.54) is 10.8 Å². The lowest BCUT2D eigenvalue weighted by atomic mass is 10.1. The Morgan fingerprint density at radius 3 is 2.84 bits per heavy atom. The number of methoxy groups -OCH3 is 1. The summed E-state index contributed by atoms with van der Waals surface area (Å²) in [4.78, 5) is 23.5. The van der Waals surface area contributed by atoms with Gasteiger partial charge in [-0.05, 0) is 30.7 Å². The molecule has 0 aliphatic carbocycles. The minimum Gasteiger partial charge on any atom is -0.497 e. The first-order valence-electron chi connectivity index (χ1n) is 7.53. The van der Waals surface area contributed by atoms with Gasteiger partial charge in [-0.3, -0.25) is 4.79 Å². The lowest BCUT2D eigenvalue weighted by Gasteiger charge is -2.06. The molecular formula is C18H16N2O5. The van der Waals surface area contributed by atoms with E-state index in [1.54, 1.807) is 26.2 Å². The molecule has 128 valence electrons. The van der Waals surface area contributed by atoms with Crippen LogP contribution in [0.1, 0.15) is 21.7 Å². The zero-order valence-electron chi connectivity index (χ0n) is 13.7. The third kappa shape index (κ3) is 3.30. The molecule has 0 aliphatic rings. The highest BCUT2D eigenvalue weighted by Crippen LogP contribution is 2.23. The summed E-state index contributed by atoms with van der Waals surface area (Å²) in [5.41, 5.74) is 1.02. The topological polar surface area (TPSA) is 94.6 Å². The predicted octanol–water partition coefficient (Wildman–Crippen LogP) is 2.57. The highest BCUT2D eigenvalue weighted by atomic mass is 16.5. The molecule has 3 aromatic rings. The van der Waals surface area contributed by atoms with Crippen molar-refractivity contribution in [1.29, 1.82) is 0 Å². The molecule has 1 N–H and O–H groups in total. The van der Waals surface area contributed by atoms with E-state index in [2.05, 4.69) is 5.16 Å². The number of benzene rings is 1. The summed E-state index contributed by atoms with van der Waals surface area (Å²) >= 11 is 0. The molecule has 0 atom stereocenters. The Morgan fingerprint density at radius 2 is 2.12 bits per heavy atom. The number of ether oxygens (including phenoxy) is 1. The molecule has 0 bridgehead atoms. The highest BCUT2D eigenvalue weighted by Gasteiger charge is 2.16. The molecule has 2 aromatic heterocycles. The fourth-order valence-corrected chi connectivity index (χ4v) is 2.52. The standard InChI is InChI=1S/C18H16N2O5/c1-11-6-7-20(17(21)16(11)18(22)23)10-14-9-15(19-25-14)12-4-3-5-13(8-12)24-2/h3-9H,10H2,1-2H3,(H,22,23). The number of hydrogen-bond donors (Lipinski definition) is 1. The van der Waals surface area contributed by atoms with Crippen LogP contribution in [0.3, 0.4) is 0 Å². The number of carboxylic acid groups (broad SMARTS) is 1. The van der Waals surface area contributed by atoms with E-state index in [0.717, 1.165) is 5.56 Å². The van der Waals surface area contributed by atoms with Crippen LogP contribution in [-0.4, -0.2) is 27.9 Å². The maximum Gasteiger partial charge on any atom is 0.341 e. The van der Waals surface area contributed by atoms with Gasteiger partial charge in [0.15, 0.2) is 5.76 Å². The van der Waals surface area contributed by atoms with E-state index in [1.807, 2.05) is 24.3 Å². The molecule has 3 rings (SSSR count). The average molecular weight is 340 g/mol. The molecule has 0 unspecified atom stereocenters. The van der Waals surface area contributed by atoms with Gasteiger partial charge in [-0.1, -0.05) is 17.3 Å². The Labute approximate surface area is 143 Å². The Kier molecular flexibility index (Phi) is 4.38. The van der Waals surface area contributed by atoms with Crippen LogP contribution in [0.5, 0.6) is 5.75 Å². The maximum atomic E-state index is 12.3. The lowest BCUT2D eigenvalue weighted by Crippen LogP contribution is -2.27. The van der Waals surface area contributed by atoms with Crippen molar-refractivity contribution in [2.75, 3.05) is 7.11 Å². The van der Waals surface area contributed by atoms with Crippen molar-refractivity contribution in [3.05, 3.63) is 69.8 Å². The van der Waals surface area contributed by atoms with Crippen LogP contribution in [0, 0.1) is 6.92 Å². The maximum absolute atomic E-state index is 12.3. The Hall–Kier alpha value is -3.35. The van der Waals surface area contributed by atoms with Gasteiger partial charge in [0.05, 0.1) is 13.7 Å². The third-order valence-electron chi connectivity index (χ3n) is 3.84. The van der Waals surface area contributed by atoms with E-state index in [4.69, 9.17) is 9.26 Å². The second-order valence-electron chi connectivity index (χ2n) is 5.52. The van der Waals surface area contributed by atoms with Crippen molar-refractivity contribution in [2.24, 2.45) is 0 Å². The molecule has 0 saturated carbocycles. The lowest BCUT2D eigenvalue weighted by molar-refractivity contribution is 0.0693. The molecule has 0 radical (unpaired) electrons. The van der Waals surface area contributed by atoms with Gasteiger partial charge in [0, 0.05) is 17.8 Å². The average Bonchev–Trinajstić information content (AvgIpc) is 3.06. The number of carboxylic acids is 1. The van der Waals surface area contributed by atoms with Crippen LogP contribution in [0.4, 0.5) is 0 Å². The summed E-state index contributed by atoms with van der Waals surface area (Å²) in [5, 5.41) is 13.2. The Bertz CT molecular complexity index is 987. The van der Waals surface area contributed by atoms with Crippen LogP contribution in [0.15, 0.2) is 51.9 Å². The van der Waals surface area contributed by atoms with Crippen molar-refractivity contribution in [2.45, 2.75) is 13.5 Å². The first kappa shape index (κ1) is 16.5. The van der Waals surface area contributed by atoms with E-state index < -0.39 is 11.5 Å². The molecule has 0 aliphatic heterocycles. The second-order valence-corrected chi connectivity index (χ2v) is 5.52. The number of carbonyl (C=O) groups is 1. The SMILES string of the molecule is COc1cccc(-c2cc(Cn3ccc(C)c(C(=O)O)c3=O)on2)c1. The monoisotopic (exact) mass is 340 g/mol. The van der Waals surface area contributed by atoms with E-state index in [0.29, 0.717) is 22.8 Å². The van der Waals surface area contributed by atoms with Gasteiger partial charge in [0.1, 0.15) is 17.0 Å². The Morgan fingerprint density at radius 1 is 1.32 bits per heavy atom. The molecule has 0 saturated heterocycles. The van der Waals surface area contributed by atoms with Crippen molar-refractivity contribution in [3.8, 4) is 17.0 Å². The van der Waals surface area contributed by atoms with Crippen molar-refractivity contribution < 1.29 is 19.2 Å². The molecule has 2 heterocycles. The quantitative estimate of drug-likeness (QED) is 0.767. The van der Waals surface area contributed by atoms with Crippen LogP contribution in [-0.2, 0) is 6.54 Å². The van der Waals surface area contributed by atoms with Gasteiger partial charge < -0.3 is 18.9 Å². The number of aromatic nitrogens is 2. The van der Waals surface area contributed by atoms with Crippen LogP contribution in [0.25, 0.3) is 11.3 Å². The number of nitrogens with zero attached hydrogens (tertiary/aromatic N) is 2. The van der Waals surface area contributed by atoms with E-state index in [9.17, 15) is 14.7 Å². The minimum absolute atomic E-state index is 0.0936. The first-order valence-corrected chi connectivity index (χ1v) is 7.53. The van der Waals surface area contributed by atoms with E-state index >= 15 is 0 Å². The van der Waals surface area contributed by atoms with Crippen LogP contribution >= 0.6 is 0 Å². The summed E-state index contributed by atoms with van der Waals surface area (Å²) in [6, 6.07) is 10.6.